The molecule has 0 aliphatic heterocycles. The van der Waals surface area contributed by atoms with Crippen LogP contribution in [0.15, 0.2) is 54.6 Å². The highest BCUT2D eigenvalue weighted by Gasteiger charge is 2.22. The summed E-state index contributed by atoms with van der Waals surface area (Å²) in [5.74, 6) is 0.0437. The van der Waals surface area contributed by atoms with Crippen LogP contribution in [0.25, 0.3) is 0 Å². The van der Waals surface area contributed by atoms with Crippen LogP contribution in [-0.2, 0) is 22.6 Å². The monoisotopic (exact) mass is 401 g/mol. The maximum Gasteiger partial charge on any atom is 0.237 e. The fraction of sp³-hybridized carbons (Fsp3) is 0.364. The van der Waals surface area contributed by atoms with Crippen molar-refractivity contribution < 1.29 is 9.59 Å². The molecule has 0 radical (unpaired) electrons. The molecule has 4 N–H and O–H groups in total. The molecule has 28 heavy (non-hydrogen) atoms. The lowest BCUT2D eigenvalue weighted by molar-refractivity contribution is -0.122. The SMILES string of the molecule is Cl.N[C@@H](Cc1ccccc1)C(=O)NCc1cccc(NC(=O)C2CCCC2)c1. The minimum atomic E-state index is -0.586. The van der Waals surface area contributed by atoms with Gasteiger partial charge in [0.2, 0.25) is 11.8 Å². The van der Waals surface area contributed by atoms with Crippen molar-refractivity contribution in [2.24, 2.45) is 11.7 Å². The maximum atomic E-state index is 12.3. The number of hydrogen-bond acceptors (Lipinski definition) is 3. The first-order chi connectivity index (χ1) is 13.1. The van der Waals surface area contributed by atoms with Crippen LogP contribution in [0.2, 0.25) is 0 Å². The highest BCUT2D eigenvalue weighted by Crippen LogP contribution is 2.26. The molecule has 0 bridgehead atoms. The van der Waals surface area contributed by atoms with Crippen LogP contribution in [-0.4, -0.2) is 17.9 Å². The van der Waals surface area contributed by atoms with E-state index in [0.29, 0.717) is 13.0 Å². The smallest absolute Gasteiger partial charge is 0.237 e. The third-order valence-electron chi connectivity index (χ3n) is 5.02. The van der Waals surface area contributed by atoms with Gasteiger partial charge in [-0.1, -0.05) is 55.3 Å². The Morgan fingerprint density at radius 3 is 2.39 bits per heavy atom. The average molecular weight is 402 g/mol. The van der Waals surface area contributed by atoms with Gasteiger partial charge in [-0.3, -0.25) is 9.59 Å². The van der Waals surface area contributed by atoms with Crippen LogP contribution in [0.5, 0.6) is 0 Å². The molecule has 6 heteroatoms. The molecule has 0 spiro atoms. The number of anilines is 1. The number of nitrogens with one attached hydrogen (secondary N) is 2. The molecule has 2 aromatic carbocycles. The predicted molar refractivity (Wildman–Crippen MR) is 114 cm³/mol. The summed E-state index contributed by atoms with van der Waals surface area (Å²) in [6.45, 7) is 0.383. The first kappa shape index (κ1) is 21.9. The molecule has 2 amide bonds. The van der Waals surface area contributed by atoms with Crippen LogP contribution in [0.3, 0.4) is 0 Å². The number of rotatable bonds is 7. The zero-order valence-corrected chi connectivity index (χ0v) is 16.7. The van der Waals surface area contributed by atoms with Gasteiger partial charge >= 0.3 is 0 Å². The van der Waals surface area contributed by atoms with Gasteiger partial charge in [0.05, 0.1) is 6.04 Å². The third kappa shape index (κ3) is 6.36. The second kappa shape index (κ2) is 10.8. The van der Waals surface area contributed by atoms with Gasteiger partial charge in [0.15, 0.2) is 0 Å². The number of carbonyl (C=O) groups excluding carboxylic acids is 2. The van der Waals surface area contributed by atoms with E-state index < -0.39 is 6.04 Å². The van der Waals surface area contributed by atoms with Crippen LogP contribution in [0.4, 0.5) is 5.69 Å². The zero-order chi connectivity index (χ0) is 19.1. The lowest BCUT2D eigenvalue weighted by Crippen LogP contribution is -2.41. The topological polar surface area (TPSA) is 84.2 Å². The molecular formula is C22H28ClN3O2. The van der Waals surface area contributed by atoms with Gasteiger partial charge in [0, 0.05) is 18.2 Å². The van der Waals surface area contributed by atoms with Gasteiger partial charge in [-0.25, -0.2) is 0 Å². The van der Waals surface area contributed by atoms with Crippen LogP contribution in [0, 0.1) is 5.92 Å². The Hall–Kier alpha value is -2.37. The molecule has 1 aliphatic carbocycles. The molecule has 0 heterocycles. The zero-order valence-electron chi connectivity index (χ0n) is 15.9. The Morgan fingerprint density at radius 2 is 1.68 bits per heavy atom. The standard InChI is InChI=1S/C22H27N3O2.ClH/c23-20(14-16-7-2-1-3-8-16)22(27)24-15-17-9-6-12-19(13-17)25-21(26)18-10-4-5-11-18;/h1-3,6-9,12-13,18,20H,4-5,10-11,14-15,23H2,(H,24,27)(H,25,26);1H/t20-;/m0./s1. The first-order valence-electron chi connectivity index (χ1n) is 9.59. The summed E-state index contributed by atoms with van der Waals surface area (Å²) < 4.78 is 0. The summed E-state index contributed by atoms with van der Waals surface area (Å²) in [5, 5.41) is 5.87. The van der Waals surface area contributed by atoms with Crippen molar-refractivity contribution in [3.8, 4) is 0 Å². The van der Waals surface area contributed by atoms with Crippen molar-refractivity contribution in [3.05, 3.63) is 65.7 Å². The van der Waals surface area contributed by atoms with E-state index in [1.165, 1.54) is 0 Å². The van der Waals surface area contributed by atoms with Gasteiger partial charge in [-0.05, 0) is 42.5 Å². The van der Waals surface area contributed by atoms with E-state index in [0.717, 1.165) is 42.5 Å². The summed E-state index contributed by atoms with van der Waals surface area (Å²) in [6.07, 6.45) is 4.71. The quantitative estimate of drug-likeness (QED) is 0.664. The molecule has 0 unspecified atom stereocenters. The number of hydrogen-bond donors (Lipinski definition) is 3. The predicted octanol–water partition coefficient (Wildman–Crippen LogP) is 3.42. The molecule has 1 aliphatic rings. The Labute approximate surface area is 172 Å². The Morgan fingerprint density at radius 1 is 1.00 bits per heavy atom. The molecule has 150 valence electrons. The normalized spacial score (nSPS) is 14.8. The van der Waals surface area contributed by atoms with Crippen molar-refractivity contribution >= 4 is 29.9 Å². The molecule has 1 fully saturated rings. The number of benzene rings is 2. The Balaban J connectivity index is 0.00000280. The lowest BCUT2D eigenvalue weighted by atomic mass is 10.1. The summed E-state index contributed by atoms with van der Waals surface area (Å²) in [5.41, 5.74) is 8.75. The molecule has 0 saturated heterocycles. The van der Waals surface area contributed by atoms with E-state index in [2.05, 4.69) is 10.6 Å². The van der Waals surface area contributed by atoms with Gasteiger partial charge in [-0.15, -0.1) is 12.4 Å². The molecule has 3 rings (SSSR count). The highest BCUT2D eigenvalue weighted by molar-refractivity contribution is 5.92. The number of amides is 2. The third-order valence-corrected chi connectivity index (χ3v) is 5.02. The maximum absolute atomic E-state index is 12.3. The fourth-order valence-electron chi connectivity index (χ4n) is 3.47. The second-order valence-electron chi connectivity index (χ2n) is 7.19. The van der Waals surface area contributed by atoms with Crippen molar-refractivity contribution in [1.29, 1.82) is 0 Å². The summed E-state index contributed by atoms with van der Waals surface area (Å²) in [7, 11) is 0. The molecule has 0 aromatic heterocycles. The summed E-state index contributed by atoms with van der Waals surface area (Å²) >= 11 is 0. The van der Waals surface area contributed by atoms with E-state index in [9.17, 15) is 9.59 Å². The van der Waals surface area contributed by atoms with Crippen LogP contribution in [0.1, 0.15) is 36.8 Å². The largest absolute Gasteiger partial charge is 0.351 e. The molecule has 5 nitrogen and oxygen atoms in total. The average Bonchev–Trinajstić information content (AvgIpc) is 3.22. The molecule has 2 aromatic rings. The Kier molecular flexibility index (Phi) is 8.48. The van der Waals surface area contributed by atoms with Gasteiger partial charge in [-0.2, -0.15) is 0 Å². The Bertz CT molecular complexity index is 776. The molecular weight excluding hydrogens is 374 g/mol. The van der Waals surface area contributed by atoms with E-state index in [1.54, 1.807) is 0 Å². The van der Waals surface area contributed by atoms with E-state index in [4.69, 9.17) is 5.73 Å². The van der Waals surface area contributed by atoms with Gasteiger partial charge in [0.25, 0.3) is 0 Å². The van der Waals surface area contributed by atoms with Crippen molar-refractivity contribution in [1.82, 2.24) is 5.32 Å². The summed E-state index contributed by atoms with van der Waals surface area (Å²) in [4.78, 5) is 24.5. The highest BCUT2D eigenvalue weighted by atomic mass is 35.5. The van der Waals surface area contributed by atoms with E-state index in [-0.39, 0.29) is 30.1 Å². The molecule has 1 atom stereocenters. The minimum absolute atomic E-state index is 0. The first-order valence-corrected chi connectivity index (χ1v) is 9.59. The van der Waals surface area contributed by atoms with Crippen molar-refractivity contribution in [3.63, 3.8) is 0 Å². The van der Waals surface area contributed by atoms with Crippen LogP contribution < -0.4 is 16.4 Å². The minimum Gasteiger partial charge on any atom is -0.351 e. The lowest BCUT2D eigenvalue weighted by Gasteiger charge is -2.14. The van der Waals surface area contributed by atoms with E-state index in [1.807, 2.05) is 54.6 Å². The number of nitrogens with two attached hydrogens (primary N) is 1. The van der Waals surface area contributed by atoms with Crippen molar-refractivity contribution in [2.75, 3.05) is 5.32 Å². The fourth-order valence-corrected chi connectivity index (χ4v) is 3.47. The summed E-state index contributed by atoms with van der Waals surface area (Å²) in [6, 6.07) is 16.7. The van der Waals surface area contributed by atoms with Gasteiger partial charge in [0.1, 0.15) is 0 Å². The van der Waals surface area contributed by atoms with Crippen LogP contribution >= 0.6 is 12.4 Å². The second-order valence-corrected chi connectivity index (χ2v) is 7.19. The van der Waals surface area contributed by atoms with E-state index >= 15 is 0 Å². The number of halogens is 1. The number of carbonyl (C=O) groups is 2. The van der Waals surface area contributed by atoms with Crippen molar-refractivity contribution in [2.45, 2.75) is 44.7 Å². The van der Waals surface area contributed by atoms with Gasteiger partial charge < -0.3 is 16.4 Å². The molecule has 1 saturated carbocycles.